The van der Waals surface area contributed by atoms with Crippen LogP contribution in [-0.2, 0) is 45.8 Å². The van der Waals surface area contributed by atoms with E-state index < -0.39 is 35.3 Å². The molecule has 0 aliphatic rings. The molecule has 0 aliphatic carbocycles. The fourth-order valence-corrected chi connectivity index (χ4v) is 1.33. The third kappa shape index (κ3) is 13.0. The fraction of sp³-hybridized carbons (Fsp3) is 0.667. The monoisotopic (exact) mass is 435 g/mol. The average molecular weight is 436 g/mol. The minimum Gasteiger partial charge on any atom is -0.481 e. The van der Waals surface area contributed by atoms with Crippen LogP contribution in [0.1, 0.15) is 54.4 Å². The van der Waals surface area contributed by atoms with Crippen LogP contribution in [0.5, 0.6) is 0 Å². The number of rotatable bonds is 10. The van der Waals surface area contributed by atoms with Crippen molar-refractivity contribution in [1.82, 2.24) is 0 Å². The predicted octanol–water partition coefficient (Wildman–Crippen LogP) is 1.78. The number of aliphatic carboxylic acids is 2. The van der Waals surface area contributed by atoms with Gasteiger partial charge < -0.3 is 10.2 Å². The van der Waals surface area contributed by atoms with Gasteiger partial charge in [-0.1, -0.05) is 27.7 Å². The molecule has 0 amide bonds. The summed E-state index contributed by atoms with van der Waals surface area (Å²) in [4.78, 5) is 65.0. The van der Waals surface area contributed by atoms with E-state index in [0.717, 1.165) is 0 Å². The first kappa shape index (κ1) is 29.9. The molecule has 0 heterocycles. The number of carboxylic acids is 2. The number of Topliss-reactive ketones (excluding diaryl/α,β-unsaturated/α-hetero) is 4. The molecule has 0 bridgehead atoms. The SMILES string of the molecule is CC(C)C(=O)CC(=O)C(C)C(=O)O.CC(C)C(=O)CC(=O)C(C)C(=O)O.[Cu]. The first-order valence-corrected chi connectivity index (χ1v) is 8.28. The Balaban J connectivity index is -0.000000411. The van der Waals surface area contributed by atoms with Gasteiger partial charge in [-0.15, -0.1) is 0 Å². The first-order chi connectivity index (χ1) is 11.7. The molecule has 1 radical (unpaired) electrons. The molecule has 8 nitrogen and oxygen atoms in total. The molecule has 0 aromatic rings. The number of hydrogen-bond donors (Lipinski definition) is 2. The van der Waals surface area contributed by atoms with E-state index in [9.17, 15) is 28.8 Å². The molecule has 0 rings (SSSR count). The van der Waals surface area contributed by atoms with Gasteiger partial charge in [0.25, 0.3) is 0 Å². The predicted molar refractivity (Wildman–Crippen MR) is 92.5 cm³/mol. The third-order valence-electron chi connectivity index (χ3n) is 3.69. The zero-order valence-corrected chi connectivity index (χ0v) is 17.3. The van der Waals surface area contributed by atoms with Crippen molar-refractivity contribution >= 4 is 35.1 Å². The van der Waals surface area contributed by atoms with Crippen LogP contribution in [0.4, 0.5) is 0 Å². The van der Waals surface area contributed by atoms with E-state index in [1.54, 1.807) is 27.7 Å². The summed E-state index contributed by atoms with van der Waals surface area (Å²) in [6, 6.07) is 0. The van der Waals surface area contributed by atoms with Crippen LogP contribution < -0.4 is 0 Å². The molecule has 0 spiro atoms. The molecular weight excluding hydrogens is 408 g/mol. The van der Waals surface area contributed by atoms with Crippen LogP contribution in [0, 0.1) is 23.7 Å². The van der Waals surface area contributed by atoms with Gasteiger partial charge in [-0.3, -0.25) is 28.8 Å². The minimum atomic E-state index is -1.18. The van der Waals surface area contributed by atoms with E-state index in [0.29, 0.717) is 0 Å². The van der Waals surface area contributed by atoms with E-state index in [2.05, 4.69) is 0 Å². The van der Waals surface area contributed by atoms with Gasteiger partial charge in [-0.05, 0) is 13.8 Å². The van der Waals surface area contributed by atoms with Crippen molar-refractivity contribution in [2.24, 2.45) is 23.7 Å². The standard InChI is InChI=1S/2C9H14O4.Cu/c2*1-5(2)7(10)4-8(11)6(3)9(12)13;/h2*5-6H,4H2,1-3H3,(H,12,13);. The Labute approximate surface area is 169 Å². The molecule has 0 aliphatic heterocycles. The van der Waals surface area contributed by atoms with Crippen LogP contribution in [0.25, 0.3) is 0 Å². The molecule has 2 unspecified atom stereocenters. The van der Waals surface area contributed by atoms with Gasteiger partial charge in [0.15, 0.2) is 11.6 Å². The summed E-state index contributed by atoms with van der Waals surface area (Å²) in [5.41, 5.74) is 0. The molecule has 0 fully saturated rings. The number of hydrogen-bond acceptors (Lipinski definition) is 6. The van der Waals surface area contributed by atoms with Crippen molar-refractivity contribution in [3.05, 3.63) is 0 Å². The van der Waals surface area contributed by atoms with Crippen molar-refractivity contribution in [2.75, 3.05) is 0 Å². The van der Waals surface area contributed by atoms with Crippen LogP contribution in [0.15, 0.2) is 0 Å². The summed E-state index contributed by atoms with van der Waals surface area (Å²) in [7, 11) is 0. The summed E-state index contributed by atoms with van der Waals surface area (Å²) < 4.78 is 0. The number of carbonyl (C=O) groups excluding carboxylic acids is 4. The van der Waals surface area contributed by atoms with Gasteiger partial charge in [0.1, 0.15) is 23.4 Å². The Bertz CT molecular complexity index is 516. The van der Waals surface area contributed by atoms with E-state index in [1.807, 2.05) is 0 Å². The van der Waals surface area contributed by atoms with E-state index >= 15 is 0 Å². The summed E-state index contributed by atoms with van der Waals surface area (Å²) >= 11 is 0. The summed E-state index contributed by atoms with van der Waals surface area (Å²) in [6.07, 6.45) is -0.545. The summed E-state index contributed by atoms with van der Waals surface area (Å²) in [5, 5.41) is 16.9. The maximum atomic E-state index is 11.1. The molecule has 2 atom stereocenters. The van der Waals surface area contributed by atoms with Gasteiger partial charge in [0.05, 0.1) is 12.8 Å². The Morgan fingerprint density at radius 3 is 0.926 bits per heavy atom. The second-order valence-corrected chi connectivity index (χ2v) is 6.65. The van der Waals surface area contributed by atoms with Gasteiger partial charge >= 0.3 is 11.9 Å². The first-order valence-electron chi connectivity index (χ1n) is 8.28. The Morgan fingerprint density at radius 2 is 0.778 bits per heavy atom. The van der Waals surface area contributed by atoms with Crippen molar-refractivity contribution in [1.29, 1.82) is 0 Å². The maximum Gasteiger partial charge on any atom is 0.313 e. The zero-order chi connectivity index (χ0) is 21.2. The molecule has 0 aromatic heterocycles. The number of ketones is 4. The molecule has 2 N–H and O–H groups in total. The summed E-state index contributed by atoms with van der Waals surface area (Å²) in [5.74, 6) is -6.42. The minimum absolute atomic E-state index is 0. The van der Waals surface area contributed by atoms with E-state index in [1.165, 1.54) is 13.8 Å². The van der Waals surface area contributed by atoms with Crippen LogP contribution in [0.2, 0.25) is 0 Å². The van der Waals surface area contributed by atoms with Crippen LogP contribution >= 0.6 is 0 Å². The van der Waals surface area contributed by atoms with E-state index in [-0.39, 0.29) is 53.3 Å². The number of carbonyl (C=O) groups is 6. The quantitative estimate of drug-likeness (QED) is 0.390. The smallest absolute Gasteiger partial charge is 0.313 e. The van der Waals surface area contributed by atoms with Gasteiger partial charge in [-0.2, -0.15) is 0 Å². The van der Waals surface area contributed by atoms with Gasteiger partial charge in [-0.25, -0.2) is 0 Å². The molecular formula is C18H28CuO8. The van der Waals surface area contributed by atoms with Crippen LogP contribution in [0.3, 0.4) is 0 Å². The second-order valence-electron chi connectivity index (χ2n) is 6.65. The Morgan fingerprint density at radius 1 is 0.556 bits per heavy atom. The molecule has 0 saturated heterocycles. The summed E-state index contributed by atoms with van der Waals surface area (Å²) in [6.45, 7) is 9.31. The van der Waals surface area contributed by atoms with Gasteiger partial charge in [0.2, 0.25) is 0 Å². The third-order valence-corrected chi connectivity index (χ3v) is 3.69. The Kier molecular flexibility index (Phi) is 15.7. The maximum absolute atomic E-state index is 11.1. The average Bonchev–Trinajstić information content (AvgIpc) is 2.52. The zero-order valence-electron chi connectivity index (χ0n) is 16.4. The van der Waals surface area contributed by atoms with Crippen molar-refractivity contribution in [2.45, 2.75) is 54.4 Å². The van der Waals surface area contributed by atoms with Crippen molar-refractivity contribution in [3.63, 3.8) is 0 Å². The van der Waals surface area contributed by atoms with Crippen molar-refractivity contribution < 1.29 is 56.0 Å². The molecule has 9 heteroatoms. The fourth-order valence-electron chi connectivity index (χ4n) is 1.33. The largest absolute Gasteiger partial charge is 0.481 e. The van der Waals surface area contributed by atoms with Crippen LogP contribution in [-0.4, -0.2) is 45.3 Å². The molecule has 0 aromatic carbocycles. The molecule has 159 valence electrons. The molecule has 0 saturated carbocycles. The van der Waals surface area contributed by atoms with Crippen molar-refractivity contribution in [3.8, 4) is 0 Å². The normalized spacial score (nSPS) is 12.1. The second kappa shape index (κ2) is 14.2. The Hall–Kier alpha value is -1.86. The van der Waals surface area contributed by atoms with Gasteiger partial charge in [0, 0.05) is 28.9 Å². The number of carboxylic acid groups (broad SMARTS) is 2. The van der Waals surface area contributed by atoms with E-state index in [4.69, 9.17) is 10.2 Å². The topological polar surface area (TPSA) is 143 Å². The molecule has 27 heavy (non-hydrogen) atoms.